The first-order valence-corrected chi connectivity index (χ1v) is 9.76. The van der Waals surface area contributed by atoms with Crippen LogP contribution in [0.4, 0.5) is 14.5 Å². The molecule has 160 valence electrons. The summed E-state index contributed by atoms with van der Waals surface area (Å²) in [6.07, 6.45) is 1.08. The molecule has 0 fully saturated rings. The lowest BCUT2D eigenvalue weighted by atomic mass is 10.1. The number of aromatic hydroxyl groups is 1. The molecule has 0 saturated heterocycles. The van der Waals surface area contributed by atoms with Gasteiger partial charge in [0.05, 0.1) is 11.2 Å². The molecule has 1 aliphatic heterocycles. The van der Waals surface area contributed by atoms with Crippen LogP contribution >= 0.6 is 0 Å². The van der Waals surface area contributed by atoms with Crippen LogP contribution in [0.15, 0.2) is 65.6 Å². The van der Waals surface area contributed by atoms with E-state index in [2.05, 4.69) is 0 Å². The summed E-state index contributed by atoms with van der Waals surface area (Å²) in [4.78, 5) is 26.2. The fourth-order valence-electron chi connectivity index (χ4n) is 4.09. The molecule has 0 atom stereocenters. The number of anilines is 1. The van der Waals surface area contributed by atoms with Crippen LogP contribution in [0.2, 0.25) is 0 Å². The summed E-state index contributed by atoms with van der Waals surface area (Å²) in [7, 11) is 0. The monoisotopic (exact) mass is 434 g/mol. The van der Waals surface area contributed by atoms with Crippen molar-refractivity contribution < 1.29 is 23.8 Å². The molecule has 0 unspecified atom stereocenters. The maximum Gasteiger partial charge on any atom is 0.341 e. The van der Waals surface area contributed by atoms with E-state index in [4.69, 9.17) is 0 Å². The first kappa shape index (κ1) is 19.7. The summed E-state index contributed by atoms with van der Waals surface area (Å²) in [5.41, 5.74) is 1.35. The van der Waals surface area contributed by atoms with Gasteiger partial charge in [0.15, 0.2) is 11.6 Å². The number of rotatable bonds is 3. The Balaban J connectivity index is 1.75. The van der Waals surface area contributed by atoms with Crippen molar-refractivity contribution in [2.45, 2.75) is 13.1 Å². The molecule has 0 saturated carbocycles. The standard InChI is InChI=1S/C24H16F2N2O4/c25-18-8-16-20(9-21(18)27-10-13-3-1-2-4-14(13)11-27)28(12-17(23(16)30)24(31)32)15-5-6-22(29)19(26)7-15/h1-9,12,29H,10-11H2,(H,31,32). The number of hydrogen-bond donors (Lipinski definition) is 2. The van der Waals surface area contributed by atoms with Gasteiger partial charge < -0.3 is 19.7 Å². The zero-order chi connectivity index (χ0) is 22.6. The average Bonchev–Trinajstić information content (AvgIpc) is 3.20. The normalized spacial score (nSPS) is 12.9. The molecule has 2 N–H and O–H groups in total. The highest BCUT2D eigenvalue weighted by atomic mass is 19.1. The van der Waals surface area contributed by atoms with Gasteiger partial charge in [0.25, 0.3) is 0 Å². The number of halogens is 2. The van der Waals surface area contributed by atoms with E-state index in [0.29, 0.717) is 13.1 Å². The smallest absolute Gasteiger partial charge is 0.341 e. The van der Waals surface area contributed by atoms with Crippen molar-refractivity contribution in [3.63, 3.8) is 0 Å². The summed E-state index contributed by atoms with van der Waals surface area (Å²) in [5, 5.41) is 18.8. The SMILES string of the molecule is O=C(O)c1cn(-c2ccc(O)c(F)c2)c2cc(N3Cc4ccccc4C3)c(F)cc2c1=O. The average molecular weight is 434 g/mol. The number of aromatic carboxylic acids is 1. The van der Waals surface area contributed by atoms with E-state index >= 15 is 4.39 Å². The lowest BCUT2D eigenvalue weighted by Gasteiger charge is -2.21. The van der Waals surface area contributed by atoms with Crippen molar-refractivity contribution in [3.05, 3.63) is 99.3 Å². The zero-order valence-corrected chi connectivity index (χ0v) is 16.5. The number of benzene rings is 3. The van der Waals surface area contributed by atoms with Crippen LogP contribution in [0.3, 0.4) is 0 Å². The lowest BCUT2D eigenvalue weighted by Crippen LogP contribution is -2.20. The number of hydrogen-bond acceptors (Lipinski definition) is 4. The predicted octanol–water partition coefficient (Wildman–Crippen LogP) is 4.19. The number of phenolic OH excluding ortho intramolecular Hbond substituents is 1. The van der Waals surface area contributed by atoms with Gasteiger partial charge in [-0.05, 0) is 35.4 Å². The summed E-state index contributed by atoms with van der Waals surface area (Å²) < 4.78 is 30.5. The maximum absolute atomic E-state index is 15.1. The van der Waals surface area contributed by atoms with E-state index in [1.54, 1.807) is 0 Å². The second kappa shape index (κ2) is 7.19. The second-order valence-electron chi connectivity index (χ2n) is 7.63. The Hall–Kier alpha value is -4.20. The molecule has 4 aromatic rings. The third-order valence-corrected chi connectivity index (χ3v) is 5.69. The van der Waals surface area contributed by atoms with Crippen LogP contribution in [-0.2, 0) is 13.1 Å². The molecule has 5 rings (SSSR count). The summed E-state index contributed by atoms with van der Waals surface area (Å²) >= 11 is 0. The van der Waals surface area contributed by atoms with E-state index in [-0.39, 0.29) is 22.3 Å². The largest absolute Gasteiger partial charge is 0.505 e. The molecule has 2 heterocycles. The van der Waals surface area contributed by atoms with Gasteiger partial charge in [0.2, 0.25) is 5.43 Å². The zero-order valence-electron chi connectivity index (χ0n) is 16.5. The van der Waals surface area contributed by atoms with Crippen molar-refractivity contribution in [1.82, 2.24) is 4.57 Å². The van der Waals surface area contributed by atoms with Crippen LogP contribution in [0.1, 0.15) is 21.5 Å². The van der Waals surface area contributed by atoms with E-state index in [1.165, 1.54) is 16.7 Å². The minimum atomic E-state index is -1.48. The minimum Gasteiger partial charge on any atom is -0.505 e. The molecule has 32 heavy (non-hydrogen) atoms. The third kappa shape index (κ3) is 3.08. The Bertz CT molecular complexity index is 1450. The molecule has 1 aromatic heterocycles. The molecule has 0 bridgehead atoms. The van der Waals surface area contributed by atoms with Crippen LogP contribution in [0, 0.1) is 11.6 Å². The number of fused-ring (bicyclic) bond motifs is 2. The topological polar surface area (TPSA) is 82.8 Å². The fourth-order valence-corrected chi connectivity index (χ4v) is 4.09. The van der Waals surface area contributed by atoms with E-state index < -0.39 is 34.3 Å². The molecule has 0 spiro atoms. The highest BCUT2D eigenvalue weighted by Gasteiger charge is 2.24. The number of carbonyl (C=O) groups is 1. The Morgan fingerprint density at radius 2 is 1.62 bits per heavy atom. The molecule has 6 nitrogen and oxygen atoms in total. The number of carboxylic acids is 1. The maximum atomic E-state index is 15.1. The van der Waals surface area contributed by atoms with Crippen LogP contribution < -0.4 is 10.3 Å². The first-order chi connectivity index (χ1) is 15.3. The van der Waals surface area contributed by atoms with Gasteiger partial charge in [-0.15, -0.1) is 0 Å². The Morgan fingerprint density at radius 1 is 0.938 bits per heavy atom. The number of pyridine rings is 1. The Kier molecular flexibility index (Phi) is 4.44. The van der Waals surface area contributed by atoms with Gasteiger partial charge in [0, 0.05) is 36.4 Å². The molecule has 0 radical (unpaired) electrons. The number of phenols is 1. The van der Waals surface area contributed by atoms with E-state index in [9.17, 15) is 24.2 Å². The molecule has 1 aliphatic rings. The van der Waals surface area contributed by atoms with Crippen molar-refractivity contribution in [2.24, 2.45) is 0 Å². The van der Waals surface area contributed by atoms with Crippen LogP contribution in [0.5, 0.6) is 5.75 Å². The Labute approximate surface area is 180 Å². The van der Waals surface area contributed by atoms with E-state index in [0.717, 1.165) is 35.5 Å². The summed E-state index contributed by atoms with van der Waals surface area (Å²) in [6.45, 7) is 0.952. The third-order valence-electron chi connectivity index (χ3n) is 5.69. The Morgan fingerprint density at radius 3 is 2.25 bits per heavy atom. The van der Waals surface area contributed by atoms with Crippen molar-refractivity contribution in [3.8, 4) is 11.4 Å². The number of aromatic nitrogens is 1. The molecule has 0 amide bonds. The molecule has 3 aromatic carbocycles. The van der Waals surface area contributed by atoms with Gasteiger partial charge >= 0.3 is 5.97 Å². The molecule has 0 aliphatic carbocycles. The minimum absolute atomic E-state index is 0.142. The van der Waals surface area contributed by atoms with Crippen molar-refractivity contribution in [1.29, 1.82) is 0 Å². The van der Waals surface area contributed by atoms with E-state index in [1.807, 2.05) is 29.2 Å². The highest BCUT2D eigenvalue weighted by molar-refractivity contribution is 5.94. The molecule has 8 heteroatoms. The second-order valence-corrected chi connectivity index (χ2v) is 7.63. The van der Waals surface area contributed by atoms with Crippen LogP contribution in [0.25, 0.3) is 16.6 Å². The predicted molar refractivity (Wildman–Crippen MR) is 114 cm³/mol. The van der Waals surface area contributed by atoms with Gasteiger partial charge in [-0.1, -0.05) is 24.3 Å². The number of nitrogens with zero attached hydrogens (tertiary/aromatic N) is 2. The fraction of sp³-hybridized carbons (Fsp3) is 0.0833. The molecular formula is C24H16F2N2O4. The first-order valence-electron chi connectivity index (χ1n) is 9.76. The summed E-state index contributed by atoms with van der Waals surface area (Å²) in [5.74, 6) is -3.62. The molecular weight excluding hydrogens is 418 g/mol. The quantitative estimate of drug-likeness (QED) is 0.505. The van der Waals surface area contributed by atoms with Gasteiger partial charge in [0.1, 0.15) is 11.4 Å². The van der Waals surface area contributed by atoms with Gasteiger partial charge in [-0.3, -0.25) is 4.79 Å². The number of carboxylic acid groups (broad SMARTS) is 1. The van der Waals surface area contributed by atoms with Crippen molar-refractivity contribution >= 4 is 22.6 Å². The van der Waals surface area contributed by atoms with Gasteiger partial charge in [-0.2, -0.15) is 0 Å². The van der Waals surface area contributed by atoms with Gasteiger partial charge in [-0.25, -0.2) is 13.6 Å². The summed E-state index contributed by atoms with van der Waals surface area (Å²) in [6, 6.07) is 13.7. The lowest BCUT2D eigenvalue weighted by molar-refractivity contribution is 0.0695. The van der Waals surface area contributed by atoms with Crippen molar-refractivity contribution in [2.75, 3.05) is 4.90 Å². The highest BCUT2D eigenvalue weighted by Crippen LogP contribution is 2.33. The van der Waals surface area contributed by atoms with Crippen LogP contribution in [-0.4, -0.2) is 20.7 Å².